The molecule has 6 nitrogen and oxygen atoms in total. The van der Waals surface area contributed by atoms with Crippen LogP contribution < -0.4 is 15.4 Å². The minimum atomic E-state index is -0.700. The third kappa shape index (κ3) is 2.80. The number of halogens is 1. The normalized spacial score (nSPS) is 17.9. The molecule has 1 aromatic rings. The zero-order chi connectivity index (χ0) is 15.6. The van der Waals surface area contributed by atoms with Crippen molar-refractivity contribution >= 4 is 23.6 Å². The van der Waals surface area contributed by atoms with Gasteiger partial charge in [0, 0.05) is 11.3 Å². The van der Waals surface area contributed by atoms with Gasteiger partial charge in [0.15, 0.2) is 0 Å². The molecule has 7 heteroatoms. The van der Waals surface area contributed by atoms with Crippen molar-refractivity contribution in [2.24, 2.45) is 0 Å². The molecule has 0 aromatic heterocycles. The molecule has 112 valence electrons. The second kappa shape index (κ2) is 6.05. The van der Waals surface area contributed by atoms with E-state index < -0.39 is 18.0 Å². The number of methoxy groups -OCH3 is 2. The van der Waals surface area contributed by atoms with Crippen LogP contribution in [0.3, 0.4) is 0 Å². The minimum absolute atomic E-state index is 0.298. The highest BCUT2D eigenvalue weighted by atomic mass is 35.5. The van der Waals surface area contributed by atoms with E-state index in [1.54, 1.807) is 25.1 Å². The molecule has 0 spiro atoms. The summed E-state index contributed by atoms with van der Waals surface area (Å²) in [5.41, 5.74) is 1.28. The Morgan fingerprint density at radius 3 is 2.67 bits per heavy atom. The quantitative estimate of drug-likeness (QED) is 0.839. The molecule has 0 aliphatic carbocycles. The van der Waals surface area contributed by atoms with Gasteiger partial charge in [0.05, 0.1) is 30.9 Å². The molecule has 1 atom stereocenters. The number of amides is 2. The Kier molecular flexibility index (Phi) is 4.37. The number of rotatable bonds is 3. The zero-order valence-electron chi connectivity index (χ0n) is 11.8. The van der Waals surface area contributed by atoms with Crippen molar-refractivity contribution in [3.05, 3.63) is 40.1 Å². The lowest BCUT2D eigenvalue weighted by atomic mass is 9.95. The van der Waals surface area contributed by atoms with Gasteiger partial charge in [0.2, 0.25) is 0 Å². The number of allylic oxidation sites excluding steroid dienone is 1. The number of esters is 1. The number of benzene rings is 1. The number of hydrogen-bond donors (Lipinski definition) is 2. The smallest absolute Gasteiger partial charge is 0.337 e. The average Bonchev–Trinajstić information content (AvgIpc) is 2.46. The van der Waals surface area contributed by atoms with Gasteiger partial charge in [-0.3, -0.25) is 0 Å². The molecular formula is C14H15ClN2O4. The van der Waals surface area contributed by atoms with Gasteiger partial charge in [-0.05, 0) is 13.0 Å². The van der Waals surface area contributed by atoms with Crippen molar-refractivity contribution in [2.45, 2.75) is 13.0 Å². The molecule has 2 rings (SSSR count). The molecule has 1 aliphatic heterocycles. The van der Waals surface area contributed by atoms with E-state index in [1.807, 2.05) is 0 Å². The molecule has 0 fully saturated rings. The van der Waals surface area contributed by atoms with E-state index in [0.29, 0.717) is 27.6 Å². The minimum Gasteiger partial charge on any atom is -0.495 e. The highest BCUT2D eigenvalue weighted by molar-refractivity contribution is 6.33. The van der Waals surface area contributed by atoms with E-state index in [0.717, 1.165) is 0 Å². The van der Waals surface area contributed by atoms with Crippen molar-refractivity contribution in [3.63, 3.8) is 0 Å². The second-order valence-corrected chi connectivity index (χ2v) is 4.80. The van der Waals surface area contributed by atoms with Gasteiger partial charge >= 0.3 is 12.0 Å². The van der Waals surface area contributed by atoms with E-state index in [9.17, 15) is 9.59 Å². The number of carbonyl (C=O) groups excluding carboxylic acids is 2. The van der Waals surface area contributed by atoms with Crippen molar-refractivity contribution < 1.29 is 19.1 Å². The van der Waals surface area contributed by atoms with Gasteiger partial charge < -0.3 is 20.1 Å². The van der Waals surface area contributed by atoms with E-state index in [-0.39, 0.29) is 0 Å². The van der Waals surface area contributed by atoms with Gasteiger partial charge in [0.25, 0.3) is 0 Å². The van der Waals surface area contributed by atoms with E-state index >= 15 is 0 Å². The monoisotopic (exact) mass is 310 g/mol. The predicted molar refractivity (Wildman–Crippen MR) is 77.1 cm³/mol. The van der Waals surface area contributed by atoms with Crippen LogP contribution in [0.1, 0.15) is 18.5 Å². The van der Waals surface area contributed by atoms with Crippen LogP contribution in [-0.2, 0) is 9.53 Å². The van der Waals surface area contributed by atoms with Crippen molar-refractivity contribution in [1.82, 2.24) is 10.6 Å². The lowest BCUT2D eigenvalue weighted by molar-refractivity contribution is -0.136. The van der Waals surface area contributed by atoms with Crippen molar-refractivity contribution in [2.75, 3.05) is 14.2 Å². The van der Waals surface area contributed by atoms with E-state index in [1.165, 1.54) is 14.2 Å². The number of hydrogen-bond acceptors (Lipinski definition) is 4. The van der Waals surface area contributed by atoms with Crippen LogP contribution in [0, 0.1) is 0 Å². The van der Waals surface area contributed by atoms with Crippen LogP contribution >= 0.6 is 11.6 Å². The van der Waals surface area contributed by atoms with E-state index in [4.69, 9.17) is 21.1 Å². The summed E-state index contributed by atoms with van der Waals surface area (Å²) >= 11 is 6.28. The molecular weight excluding hydrogens is 296 g/mol. The fourth-order valence-electron chi connectivity index (χ4n) is 2.22. The Labute approximate surface area is 127 Å². The molecule has 0 bridgehead atoms. The van der Waals surface area contributed by atoms with Gasteiger partial charge in [-0.1, -0.05) is 23.7 Å². The predicted octanol–water partition coefficient (Wildman–Crippen LogP) is 2.15. The van der Waals surface area contributed by atoms with Gasteiger partial charge in [-0.15, -0.1) is 0 Å². The van der Waals surface area contributed by atoms with Crippen LogP contribution in [0.25, 0.3) is 0 Å². The first-order chi connectivity index (χ1) is 9.99. The molecule has 0 saturated heterocycles. The van der Waals surface area contributed by atoms with Gasteiger partial charge in [0.1, 0.15) is 5.75 Å². The Balaban J connectivity index is 2.57. The summed E-state index contributed by atoms with van der Waals surface area (Å²) in [6.07, 6.45) is 0. The average molecular weight is 311 g/mol. The topological polar surface area (TPSA) is 76.7 Å². The maximum absolute atomic E-state index is 12.0. The van der Waals surface area contributed by atoms with Crippen molar-refractivity contribution in [3.8, 4) is 5.75 Å². The fraction of sp³-hybridized carbons (Fsp3) is 0.286. The zero-order valence-corrected chi connectivity index (χ0v) is 12.6. The first-order valence-electron chi connectivity index (χ1n) is 6.18. The Morgan fingerprint density at radius 1 is 1.33 bits per heavy atom. The molecule has 2 N–H and O–H groups in total. The van der Waals surface area contributed by atoms with Crippen LogP contribution in [0.15, 0.2) is 29.5 Å². The molecule has 0 unspecified atom stereocenters. The molecule has 1 aromatic carbocycles. The third-order valence-electron chi connectivity index (χ3n) is 3.20. The Bertz CT molecular complexity index is 627. The number of ether oxygens (including phenoxy) is 2. The summed E-state index contributed by atoms with van der Waals surface area (Å²) < 4.78 is 9.94. The third-order valence-corrected chi connectivity index (χ3v) is 3.60. The summed E-state index contributed by atoms with van der Waals surface area (Å²) in [6.45, 7) is 1.63. The molecule has 0 radical (unpaired) electrons. The second-order valence-electron chi connectivity index (χ2n) is 4.43. The largest absolute Gasteiger partial charge is 0.495 e. The number of nitrogens with one attached hydrogen (secondary N) is 2. The van der Waals surface area contributed by atoms with E-state index in [2.05, 4.69) is 10.6 Å². The first-order valence-corrected chi connectivity index (χ1v) is 6.56. The summed E-state index contributed by atoms with van der Waals surface area (Å²) in [5.74, 6) is -0.0762. The lowest BCUT2D eigenvalue weighted by Crippen LogP contribution is -2.45. The number of urea groups is 1. The maximum atomic E-state index is 12.0. The standard InChI is InChI=1S/C14H15ClN2O4/c1-7-10(13(18)21-3)12(17-14(19)16-7)8-5-4-6-9(20-2)11(8)15/h4-6,12H,1-3H3,(H2,16,17,19)/t12-/m0/s1. The van der Waals surface area contributed by atoms with Crippen LogP contribution in [0.5, 0.6) is 5.75 Å². The Hall–Kier alpha value is -2.21. The summed E-state index contributed by atoms with van der Waals surface area (Å²) in [7, 11) is 2.78. The number of carbonyl (C=O) groups is 2. The SMILES string of the molecule is COC(=O)C1=C(C)NC(=O)N[C@H]1c1cccc(OC)c1Cl. The molecule has 1 heterocycles. The lowest BCUT2D eigenvalue weighted by Gasteiger charge is -2.28. The molecule has 21 heavy (non-hydrogen) atoms. The summed E-state index contributed by atoms with van der Waals surface area (Å²) in [5, 5.41) is 5.55. The van der Waals surface area contributed by atoms with Crippen LogP contribution in [-0.4, -0.2) is 26.2 Å². The van der Waals surface area contributed by atoms with Gasteiger partial charge in [-0.2, -0.15) is 0 Å². The highest BCUT2D eigenvalue weighted by Crippen LogP contribution is 2.36. The fourth-order valence-corrected chi connectivity index (χ4v) is 2.53. The van der Waals surface area contributed by atoms with Gasteiger partial charge in [-0.25, -0.2) is 9.59 Å². The Morgan fingerprint density at radius 2 is 2.05 bits per heavy atom. The molecule has 0 saturated carbocycles. The summed E-state index contributed by atoms with van der Waals surface area (Å²) in [6, 6.07) is 4.04. The molecule has 1 aliphatic rings. The maximum Gasteiger partial charge on any atom is 0.337 e. The van der Waals surface area contributed by atoms with Crippen LogP contribution in [0.2, 0.25) is 5.02 Å². The molecule has 2 amide bonds. The van der Waals surface area contributed by atoms with Crippen LogP contribution in [0.4, 0.5) is 4.79 Å². The summed E-state index contributed by atoms with van der Waals surface area (Å²) in [4.78, 5) is 23.7. The van der Waals surface area contributed by atoms with Crippen molar-refractivity contribution in [1.29, 1.82) is 0 Å². The first kappa shape index (κ1) is 15.2. The highest BCUT2D eigenvalue weighted by Gasteiger charge is 2.33.